The minimum atomic E-state index is -1.90. The van der Waals surface area contributed by atoms with E-state index >= 15 is 19.2 Å². The van der Waals surface area contributed by atoms with Gasteiger partial charge < -0.3 is 91.5 Å². The lowest BCUT2D eigenvalue weighted by atomic mass is 9.85. The Morgan fingerprint density at radius 3 is 2.26 bits per heavy atom. The van der Waals surface area contributed by atoms with Gasteiger partial charge in [0.25, 0.3) is 29.5 Å². The van der Waals surface area contributed by atoms with Crippen molar-refractivity contribution in [2.24, 2.45) is 11.5 Å². The maximum atomic E-state index is 15.5. The molecule has 1 saturated heterocycles. The number of likely N-dealkylation sites (N-methyl/N-ethyl adjacent to an activating group) is 1. The van der Waals surface area contributed by atoms with Gasteiger partial charge in [0, 0.05) is 49.8 Å². The Morgan fingerprint density at radius 1 is 0.873 bits per heavy atom. The molecule has 4 aliphatic rings. The number of allylic oxidation sites excluding steroid dienone is 1. The average Bonchev–Trinajstić information content (AvgIpc) is 1.58. The highest BCUT2D eigenvalue weighted by Crippen LogP contribution is 2.43. The number of hydrogen-bond acceptors (Lipinski definition) is 31. The maximum absolute atomic E-state index is 15.5. The standard InChI is InChI=1S/C64H67N15O18S5/c1-25(51(66)82)67-52(83)34-22-101-60(72-34)45-39(81)15-30-44(74-45)33-20-99-58(69-33)32-19-94-62(88)47-31-18-92-48(49(97-40-16-64(5,90)50(78(6)7)28(4)96-40)63(89)93-17-29-11-9-12-38(41(29)31)79(47)95-14-10-13-65)46(61-73-35(23-102-61)53(84)68-32)77-55(86)37-24-100-59(71-37)43(27(3)91-8)76-56(87)42(26(2)80)75-54(85)36-21-98-57(30)70-36/h9,11-12,15,20-24,26,28,32,40,42,46,48-50,80-81,90H,1,10,13-14,16-19,65H2,2-8H3,(H2,66,82)(H,67,83)(H,68,84)(H,75,85)(H,76,87)(H,77,86)/b43-27+/t26-,28+,32+,40+,42+,46+,48+,49+,50?,64+/m1/s1. The summed E-state index contributed by atoms with van der Waals surface area (Å²) in [6.45, 7) is 8.06. The second kappa shape index (κ2) is 29.8. The van der Waals surface area contributed by atoms with Crippen molar-refractivity contribution in [2.75, 3.05) is 41.0 Å². The van der Waals surface area contributed by atoms with E-state index in [0.717, 1.165) is 56.7 Å². The molecule has 0 spiro atoms. The van der Waals surface area contributed by atoms with Crippen molar-refractivity contribution in [3.05, 3.63) is 124 Å². The first-order valence-corrected chi connectivity index (χ1v) is 35.7. The molecule has 12 rings (SSSR count). The normalized spacial score (nSPS) is 23.5. The van der Waals surface area contributed by atoms with Gasteiger partial charge in [-0.05, 0) is 72.5 Å². The molecule has 536 valence electrons. The second-order valence-corrected chi connectivity index (χ2v) is 28.6. The van der Waals surface area contributed by atoms with Crippen LogP contribution in [0.3, 0.4) is 0 Å². The monoisotopic (exact) mass is 1490 g/mol. The fourth-order valence-corrected chi connectivity index (χ4v) is 16.3. The Labute approximate surface area is 599 Å². The number of amides is 6. The van der Waals surface area contributed by atoms with E-state index in [1.165, 1.54) is 53.3 Å². The first-order valence-electron chi connectivity index (χ1n) is 31.3. The van der Waals surface area contributed by atoms with E-state index in [1.54, 1.807) is 56.4 Å². The number of rotatable bonds is 13. The summed E-state index contributed by atoms with van der Waals surface area (Å²) in [4.78, 5) is 151. The number of carbonyl (C=O) groups excluding carboxylic acids is 8. The Bertz CT molecular complexity index is 4690. The third-order valence-corrected chi connectivity index (χ3v) is 21.3. The third-order valence-electron chi connectivity index (χ3n) is 16.9. The number of nitrogens with zero attached hydrogens (tertiary/aromatic N) is 8. The van der Waals surface area contributed by atoms with Gasteiger partial charge in [-0.3, -0.25) is 28.8 Å². The molecular weight excluding hydrogens is 1430 g/mol. The minimum Gasteiger partial charge on any atom is -0.506 e. The van der Waals surface area contributed by atoms with Crippen LogP contribution < -0.4 is 42.9 Å². The molecule has 1 unspecified atom stereocenters. The number of thiazole rings is 5. The predicted molar refractivity (Wildman–Crippen MR) is 368 cm³/mol. The fraction of sp³-hybridized carbons (Fsp3) is 0.375. The molecule has 102 heavy (non-hydrogen) atoms. The molecule has 38 heteroatoms. The van der Waals surface area contributed by atoms with Gasteiger partial charge in [-0.15, -0.1) is 56.7 Å². The summed E-state index contributed by atoms with van der Waals surface area (Å²) in [6.07, 6.45) is -7.18. The van der Waals surface area contributed by atoms with Crippen LogP contribution in [0, 0.1) is 0 Å². The molecule has 0 radical (unpaired) electrons. The number of cyclic esters (lactones) is 2. The average molecular weight is 1490 g/mol. The zero-order valence-corrected chi connectivity index (χ0v) is 59.4. The number of carbonyl (C=O) groups is 8. The number of esters is 2. The summed E-state index contributed by atoms with van der Waals surface area (Å²) in [5.41, 5.74) is 8.82. The fourth-order valence-electron chi connectivity index (χ4n) is 12.1. The number of hydrogen-bond donors (Lipinski definition) is 10. The summed E-state index contributed by atoms with van der Waals surface area (Å²) < 4.78 is 39.5. The van der Waals surface area contributed by atoms with Gasteiger partial charge >= 0.3 is 11.9 Å². The van der Waals surface area contributed by atoms with Crippen molar-refractivity contribution < 1.29 is 86.9 Å². The Balaban J connectivity index is 1.06. The number of fused-ring (bicyclic) bond motifs is 15. The molecule has 1 aromatic carbocycles. The molecule has 6 amide bonds. The summed E-state index contributed by atoms with van der Waals surface area (Å²) in [5.74, 6) is -8.05. The SMILES string of the molecule is C=C(NC(=O)c1csc(-c2nc3c(cc2O)-c2nc(cs2)C(=O)N[C@@H]([C@@H](C)O)C(=O)N/C(=C(\C)OC)c2nc(cs2)C(=O)N[C@@H]2c4nc(cs4)C(=O)N[C@@H](COC(=O)c4c5c6c(cccc6n4OCCCN)COC(=O)[C@@H](O[C@H]4C[C@](C)(O)C(N(C)C)[C@H](C)O4)[C@H]2OC5)c2nc-3cs2)n1)C(N)=O. The lowest BCUT2D eigenvalue weighted by Crippen LogP contribution is -2.62. The van der Waals surface area contributed by atoms with E-state index in [0.29, 0.717) is 22.9 Å². The number of aliphatic hydroxyl groups excluding tert-OH is 1. The predicted octanol–water partition coefficient (Wildman–Crippen LogP) is 3.43. The van der Waals surface area contributed by atoms with E-state index < -0.39 is 139 Å². The van der Waals surface area contributed by atoms with Crippen LogP contribution in [0.15, 0.2) is 69.2 Å². The lowest BCUT2D eigenvalue weighted by Gasteiger charge is -2.48. The van der Waals surface area contributed by atoms with Crippen molar-refractivity contribution in [1.82, 2.24) is 66.1 Å². The molecule has 0 aliphatic carbocycles. The molecule has 12 N–H and O–H groups in total. The number of aromatic hydroxyl groups is 1. The van der Waals surface area contributed by atoms with E-state index in [-0.39, 0.29) is 113 Å². The summed E-state index contributed by atoms with van der Waals surface area (Å²) >= 11 is 4.54. The zero-order chi connectivity index (χ0) is 72.7. The van der Waals surface area contributed by atoms with Crippen molar-refractivity contribution in [3.8, 4) is 38.4 Å². The molecule has 11 heterocycles. The molecule has 1 fully saturated rings. The van der Waals surface area contributed by atoms with Crippen LogP contribution in [0.1, 0.15) is 131 Å². The topological polar surface area (TPSA) is 460 Å². The van der Waals surface area contributed by atoms with Gasteiger partial charge in [0.15, 0.2) is 18.1 Å². The zero-order valence-electron chi connectivity index (χ0n) is 55.3. The summed E-state index contributed by atoms with van der Waals surface area (Å²) in [7, 11) is 4.86. The van der Waals surface area contributed by atoms with Gasteiger partial charge in [-0.2, -0.15) is 4.73 Å². The van der Waals surface area contributed by atoms with E-state index in [2.05, 4.69) is 48.1 Å². The number of aliphatic hydroxyl groups is 2. The molecule has 12 bridgehead atoms. The highest BCUT2D eigenvalue weighted by Gasteiger charge is 2.50. The van der Waals surface area contributed by atoms with Gasteiger partial charge in [0.1, 0.15) is 126 Å². The molecule has 0 saturated carbocycles. The lowest BCUT2D eigenvalue weighted by molar-refractivity contribution is -0.280. The second-order valence-electron chi connectivity index (χ2n) is 24.3. The van der Waals surface area contributed by atoms with Crippen LogP contribution in [0.2, 0.25) is 0 Å². The number of pyridine rings is 1. The van der Waals surface area contributed by atoms with Crippen LogP contribution in [-0.4, -0.2) is 192 Å². The highest BCUT2D eigenvalue weighted by molar-refractivity contribution is 7.14. The van der Waals surface area contributed by atoms with E-state index in [1.807, 2.05) is 0 Å². The number of benzene rings is 1. The Kier molecular flexibility index (Phi) is 21.1. The summed E-state index contributed by atoms with van der Waals surface area (Å²) in [5, 5.41) is 55.8. The van der Waals surface area contributed by atoms with E-state index in [4.69, 9.17) is 59.7 Å². The molecule has 33 nitrogen and oxygen atoms in total. The van der Waals surface area contributed by atoms with Gasteiger partial charge in [0.05, 0.1) is 48.8 Å². The van der Waals surface area contributed by atoms with Crippen LogP contribution in [0.5, 0.6) is 5.75 Å². The Hall–Kier alpha value is -9.58. The minimum absolute atomic E-state index is 0.00509. The largest absolute Gasteiger partial charge is 0.506 e. The van der Waals surface area contributed by atoms with Crippen molar-refractivity contribution >= 4 is 121 Å². The number of ether oxygens (including phenoxy) is 6. The van der Waals surface area contributed by atoms with Crippen LogP contribution in [0.4, 0.5) is 0 Å². The molecular formula is C64H67N15O18S5. The maximum Gasteiger partial charge on any atom is 0.358 e. The van der Waals surface area contributed by atoms with Gasteiger partial charge in [-0.1, -0.05) is 18.7 Å². The van der Waals surface area contributed by atoms with Crippen molar-refractivity contribution in [1.29, 1.82) is 0 Å². The number of methoxy groups -OCH3 is 1. The van der Waals surface area contributed by atoms with Crippen molar-refractivity contribution in [3.63, 3.8) is 0 Å². The molecule has 4 aliphatic heterocycles. The summed E-state index contributed by atoms with van der Waals surface area (Å²) in [6, 6.07) is 1.04. The number of primary amides is 1. The Morgan fingerprint density at radius 2 is 1.55 bits per heavy atom. The number of nitrogens with one attached hydrogen (secondary N) is 5. The van der Waals surface area contributed by atoms with Crippen LogP contribution >= 0.6 is 56.7 Å². The number of nitrogens with two attached hydrogens (primary N) is 2. The first-order chi connectivity index (χ1) is 48.7. The third kappa shape index (κ3) is 14.6. The smallest absolute Gasteiger partial charge is 0.358 e. The van der Waals surface area contributed by atoms with E-state index in [9.17, 15) is 34.5 Å². The molecule has 7 aromatic heterocycles. The quantitative estimate of drug-likeness (QED) is 0.0342. The van der Waals surface area contributed by atoms with Crippen LogP contribution in [-0.2, 0) is 56.0 Å². The van der Waals surface area contributed by atoms with Gasteiger partial charge in [0.2, 0.25) is 5.91 Å². The first kappa shape index (κ1) is 72.2. The number of aromatic nitrogens is 7. The van der Waals surface area contributed by atoms with Crippen molar-refractivity contribution in [2.45, 2.75) is 114 Å². The molecule has 10 atom stereocenters. The van der Waals surface area contributed by atoms with Crippen LogP contribution in [0.25, 0.3) is 49.3 Å². The molecule has 8 aromatic rings. The highest BCUT2D eigenvalue weighted by atomic mass is 32.1. The van der Waals surface area contributed by atoms with Gasteiger partial charge in [-0.25, -0.2) is 39.5 Å².